The van der Waals surface area contributed by atoms with E-state index in [4.69, 9.17) is 9.47 Å². The lowest BCUT2D eigenvalue weighted by atomic mass is 10.1. The molecule has 0 atom stereocenters. The molecule has 128 valence electrons. The number of pyridine rings is 1. The van der Waals surface area contributed by atoms with Gasteiger partial charge in [-0.15, -0.1) is 0 Å². The SMILES string of the molecule is CC(C)Oc1ccc(Oc2ccc3cc(CC=O)ccc3n2)c(Br)c1. The summed E-state index contributed by atoms with van der Waals surface area (Å²) >= 11 is 3.51. The smallest absolute Gasteiger partial charge is 0.219 e. The van der Waals surface area contributed by atoms with Crippen molar-refractivity contribution >= 4 is 33.1 Å². The van der Waals surface area contributed by atoms with Crippen LogP contribution in [0.15, 0.2) is 53.0 Å². The Morgan fingerprint density at radius 3 is 2.68 bits per heavy atom. The quantitative estimate of drug-likeness (QED) is 0.526. The maximum absolute atomic E-state index is 10.6. The Kier molecular flexibility index (Phi) is 5.34. The molecule has 0 radical (unpaired) electrons. The number of fused-ring (bicyclic) bond motifs is 1. The van der Waals surface area contributed by atoms with E-state index in [1.54, 1.807) is 0 Å². The Bertz CT molecular complexity index is 909. The molecule has 3 rings (SSSR count). The predicted octanol–water partition coefficient (Wildman–Crippen LogP) is 5.32. The molecule has 2 aromatic carbocycles. The first-order valence-corrected chi connectivity index (χ1v) is 8.82. The Morgan fingerprint density at radius 1 is 1.12 bits per heavy atom. The van der Waals surface area contributed by atoms with Gasteiger partial charge in [0.1, 0.15) is 17.8 Å². The molecule has 3 aromatic rings. The van der Waals surface area contributed by atoms with Crippen LogP contribution < -0.4 is 9.47 Å². The van der Waals surface area contributed by atoms with Crippen molar-refractivity contribution in [2.45, 2.75) is 26.4 Å². The van der Waals surface area contributed by atoms with Gasteiger partial charge in [0, 0.05) is 17.9 Å². The minimum atomic E-state index is 0.116. The van der Waals surface area contributed by atoms with Crippen LogP contribution in [0.2, 0.25) is 0 Å². The van der Waals surface area contributed by atoms with Gasteiger partial charge in [0.05, 0.1) is 16.1 Å². The van der Waals surface area contributed by atoms with E-state index in [1.807, 2.05) is 62.4 Å². The van der Waals surface area contributed by atoms with E-state index in [0.29, 0.717) is 18.1 Å². The summed E-state index contributed by atoms with van der Waals surface area (Å²) in [6, 6.07) is 15.1. The van der Waals surface area contributed by atoms with E-state index in [-0.39, 0.29) is 6.10 Å². The molecule has 0 fully saturated rings. The van der Waals surface area contributed by atoms with Crippen LogP contribution in [0.5, 0.6) is 17.4 Å². The average molecular weight is 400 g/mol. The average Bonchev–Trinajstić information content (AvgIpc) is 2.57. The number of carbonyl (C=O) groups is 1. The van der Waals surface area contributed by atoms with Crippen molar-refractivity contribution < 1.29 is 14.3 Å². The predicted molar refractivity (Wildman–Crippen MR) is 101 cm³/mol. The molecule has 0 aliphatic heterocycles. The molecule has 0 unspecified atom stereocenters. The van der Waals surface area contributed by atoms with Crippen molar-refractivity contribution in [2.75, 3.05) is 0 Å². The van der Waals surface area contributed by atoms with Gasteiger partial charge in [-0.25, -0.2) is 4.98 Å². The van der Waals surface area contributed by atoms with Gasteiger partial charge in [0.25, 0.3) is 0 Å². The van der Waals surface area contributed by atoms with Crippen LogP contribution in [0.3, 0.4) is 0 Å². The summed E-state index contributed by atoms with van der Waals surface area (Å²) in [7, 11) is 0. The van der Waals surface area contributed by atoms with Crippen molar-refractivity contribution in [2.24, 2.45) is 0 Å². The Balaban J connectivity index is 1.82. The van der Waals surface area contributed by atoms with Crippen LogP contribution in [0.4, 0.5) is 0 Å². The van der Waals surface area contributed by atoms with Crippen LogP contribution in [0, 0.1) is 0 Å². The first kappa shape index (κ1) is 17.4. The molecule has 5 heteroatoms. The maximum Gasteiger partial charge on any atom is 0.219 e. The lowest BCUT2D eigenvalue weighted by Gasteiger charge is -2.12. The fourth-order valence-corrected chi connectivity index (χ4v) is 2.90. The van der Waals surface area contributed by atoms with Gasteiger partial charge in [-0.05, 0) is 71.7 Å². The molecule has 0 aliphatic rings. The standard InChI is InChI=1S/C20H18BrNO3/c1-13(2)24-16-5-7-19(17(21)12-16)25-20-8-4-15-11-14(9-10-23)3-6-18(15)22-20/h3-8,10-13H,9H2,1-2H3. The van der Waals surface area contributed by atoms with Crippen molar-refractivity contribution in [3.8, 4) is 17.4 Å². The van der Waals surface area contributed by atoms with Gasteiger partial charge in [-0.1, -0.05) is 6.07 Å². The summed E-state index contributed by atoms with van der Waals surface area (Å²) < 4.78 is 12.3. The fourth-order valence-electron chi connectivity index (χ4n) is 2.46. The van der Waals surface area contributed by atoms with E-state index in [2.05, 4.69) is 20.9 Å². The molecular formula is C20H18BrNO3. The van der Waals surface area contributed by atoms with Crippen LogP contribution in [-0.4, -0.2) is 17.4 Å². The summed E-state index contributed by atoms with van der Waals surface area (Å²) in [6.45, 7) is 3.97. The van der Waals surface area contributed by atoms with Gasteiger partial charge in [0.2, 0.25) is 5.88 Å². The van der Waals surface area contributed by atoms with Gasteiger partial charge in [-0.2, -0.15) is 0 Å². The number of halogens is 1. The van der Waals surface area contributed by atoms with Crippen molar-refractivity contribution in [3.63, 3.8) is 0 Å². The zero-order chi connectivity index (χ0) is 17.8. The number of carbonyl (C=O) groups excluding carboxylic acids is 1. The van der Waals surface area contributed by atoms with Gasteiger partial charge in [-0.3, -0.25) is 0 Å². The second-order valence-corrected chi connectivity index (χ2v) is 6.76. The number of aromatic nitrogens is 1. The molecule has 0 N–H and O–H groups in total. The second kappa shape index (κ2) is 7.66. The monoisotopic (exact) mass is 399 g/mol. The molecule has 0 aliphatic carbocycles. The van der Waals surface area contributed by atoms with Gasteiger partial charge >= 0.3 is 0 Å². The normalized spacial score (nSPS) is 10.9. The maximum atomic E-state index is 10.6. The molecule has 1 aromatic heterocycles. The number of hydrogen-bond acceptors (Lipinski definition) is 4. The van der Waals surface area contributed by atoms with E-state index in [9.17, 15) is 4.79 Å². The zero-order valence-corrected chi connectivity index (χ0v) is 15.6. The highest BCUT2D eigenvalue weighted by Gasteiger charge is 2.08. The summed E-state index contributed by atoms with van der Waals surface area (Å²) in [5, 5.41) is 0.978. The van der Waals surface area contributed by atoms with Gasteiger partial charge < -0.3 is 14.3 Å². The number of hydrogen-bond donors (Lipinski definition) is 0. The first-order chi connectivity index (χ1) is 12.0. The van der Waals surface area contributed by atoms with Crippen molar-refractivity contribution in [3.05, 3.63) is 58.6 Å². The third-order valence-electron chi connectivity index (χ3n) is 3.54. The number of aldehydes is 1. The number of nitrogens with zero attached hydrogens (tertiary/aromatic N) is 1. The van der Waals surface area contributed by atoms with Gasteiger partial charge in [0.15, 0.2) is 0 Å². The molecule has 1 heterocycles. The third kappa shape index (κ3) is 4.37. The Morgan fingerprint density at radius 2 is 1.96 bits per heavy atom. The topological polar surface area (TPSA) is 48.4 Å². The molecule has 4 nitrogen and oxygen atoms in total. The van der Waals surface area contributed by atoms with Crippen LogP contribution in [0.1, 0.15) is 19.4 Å². The van der Waals surface area contributed by atoms with E-state index >= 15 is 0 Å². The van der Waals surface area contributed by atoms with Crippen LogP contribution in [0.25, 0.3) is 10.9 Å². The van der Waals surface area contributed by atoms with Crippen molar-refractivity contribution in [1.82, 2.24) is 4.98 Å². The van der Waals surface area contributed by atoms with Crippen LogP contribution >= 0.6 is 15.9 Å². The zero-order valence-electron chi connectivity index (χ0n) is 14.0. The minimum Gasteiger partial charge on any atom is -0.491 e. The molecule has 0 saturated carbocycles. The van der Waals surface area contributed by atoms with Crippen LogP contribution in [-0.2, 0) is 11.2 Å². The number of ether oxygens (including phenoxy) is 2. The molecule has 0 bridgehead atoms. The Labute approximate surface area is 154 Å². The first-order valence-electron chi connectivity index (χ1n) is 8.02. The second-order valence-electron chi connectivity index (χ2n) is 5.91. The Hall–Kier alpha value is -2.40. The molecule has 0 spiro atoms. The third-order valence-corrected chi connectivity index (χ3v) is 4.16. The van der Waals surface area contributed by atoms with E-state index in [1.165, 1.54) is 0 Å². The molecular weight excluding hydrogens is 382 g/mol. The highest BCUT2D eigenvalue weighted by atomic mass is 79.9. The van der Waals surface area contributed by atoms with E-state index < -0.39 is 0 Å². The minimum absolute atomic E-state index is 0.116. The highest BCUT2D eigenvalue weighted by molar-refractivity contribution is 9.10. The summed E-state index contributed by atoms with van der Waals surface area (Å²) in [4.78, 5) is 15.2. The van der Waals surface area contributed by atoms with E-state index in [0.717, 1.165) is 33.0 Å². The summed E-state index contributed by atoms with van der Waals surface area (Å²) in [5.41, 5.74) is 1.80. The molecule has 0 saturated heterocycles. The number of benzene rings is 2. The fraction of sp³-hybridized carbons (Fsp3) is 0.200. The summed E-state index contributed by atoms with van der Waals surface area (Å²) in [5.74, 6) is 1.96. The highest BCUT2D eigenvalue weighted by Crippen LogP contribution is 2.33. The lowest BCUT2D eigenvalue weighted by molar-refractivity contribution is -0.107. The summed E-state index contributed by atoms with van der Waals surface area (Å²) in [6.07, 6.45) is 1.42. The number of rotatable bonds is 6. The molecule has 25 heavy (non-hydrogen) atoms. The van der Waals surface area contributed by atoms with Crippen molar-refractivity contribution in [1.29, 1.82) is 0 Å². The largest absolute Gasteiger partial charge is 0.491 e. The lowest BCUT2D eigenvalue weighted by Crippen LogP contribution is -2.05. The molecule has 0 amide bonds.